The van der Waals surface area contributed by atoms with Gasteiger partial charge in [0.15, 0.2) is 0 Å². The van der Waals surface area contributed by atoms with E-state index in [1.165, 1.54) is 0 Å². The summed E-state index contributed by atoms with van der Waals surface area (Å²) in [6.45, 7) is 3.23. The number of carboxylic acids is 1. The highest BCUT2D eigenvalue weighted by molar-refractivity contribution is 7.80. The van der Waals surface area contributed by atoms with E-state index in [0.717, 1.165) is 0 Å². The van der Waals surface area contributed by atoms with Gasteiger partial charge in [-0.15, -0.1) is 0 Å². The van der Waals surface area contributed by atoms with Crippen LogP contribution in [0.4, 0.5) is 13.2 Å². The number of hydrogen-bond acceptors (Lipinski definition) is 3. The van der Waals surface area contributed by atoms with Crippen molar-refractivity contribution in [3.05, 3.63) is 0 Å². The number of halogens is 3. The Balaban J connectivity index is 4.84. The number of aliphatic carboxylic acids is 1. The third-order valence-corrected chi connectivity index (χ3v) is 3.04. The number of carbonyl (C=O) groups is 2. The number of rotatable bonds is 6. The van der Waals surface area contributed by atoms with Gasteiger partial charge in [0, 0.05) is 5.75 Å². The van der Waals surface area contributed by atoms with E-state index in [9.17, 15) is 22.8 Å². The lowest BCUT2D eigenvalue weighted by atomic mass is 9.98. The summed E-state index contributed by atoms with van der Waals surface area (Å²) in [5.74, 6) is -6.18. The van der Waals surface area contributed by atoms with E-state index in [-0.39, 0.29) is 0 Å². The molecule has 0 fully saturated rings. The zero-order chi connectivity index (χ0) is 14.5. The molecule has 0 aromatic carbocycles. The zero-order valence-corrected chi connectivity index (χ0v) is 10.9. The molecule has 4 nitrogen and oxygen atoms in total. The predicted octanol–water partition coefficient (Wildman–Crippen LogP) is 1.71. The van der Waals surface area contributed by atoms with E-state index in [1.807, 2.05) is 5.32 Å². The molecule has 0 aromatic heterocycles. The van der Waals surface area contributed by atoms with Crippen LogP contribution in [0.25, 0.3) is 0 Å². The molecule has 0 spiro atoms. The van der Waals surface area contributed by atoms with Crippen LogP contribution >= 0.6 is 12.6 Å². The fourth-order valence-electron chi connectivity index (χ4n) is 1.27. The van der Waals surface area contributed by atoms with Gasteiger partial charge in [-0.1, -0.05) is 20.3 Å². The second-order valence-corrected chi connectivity index (χ2v) is 4.35. The molecule has 0 saturated heterocycles. The van der Waals surface area contributed by atoms with Crippen molar-refractivity contribution in [2.75, 3.05) is 5.75 Å². The van der Waals surface area contributed by atoms with Gasteiger partial charge in [0.2, 0.25) is 5.91 Å². The van der Waals surface area contributed by atoms with Crippen LogP contribution in [0, 0.1) is 11.8 Å². The minimum absolute atomic E-state index is 0.425. The molecule has 2 N–H and O–H groups in total. The molecule has 0 unspecified atom stereocenters. The van der Waals surface area contributed by atoms with Crippen molar-refractivity contribution >= 4 is 24.5 Å². The van der Waals surface area contributed by atoms with Crippen molar-refractivity contribution in [3.8, 4) is 0 Å². The zero-order valence-electron chi connectivity index (χ0n) is 9.99. The minimum Gasteiger partial charge on any atom is -0.480 e. The molecule has 0 saturated carbocycles. The number of amides is 1. The Morgan fingerprint density at radius 1 is 1.39 bits per heavy atom. The van der Waals surface area contributed by atoms with Crippen molar-refractivity contribution in [1.82, 2.24) is 5.32 Å². The summed E-state index contributed by atoms with van der Waals surface area (Å²) in [5.41, 5.74) is 0. The molecule has 18 heavy (non-hydrogen) atoms. The highest BCUT2D eigenvalue weighted by Crippen LogP contribution is 2.27. The average molecular weight is 287 g/mol. The number of carbonyl (C=O) groups excluding carboxylic acids is 1. The SMILES string of the molecule is CC[C@H](C)[C@H](NC(=O)[C@H](CS)C(F)(F)F)C(=O)O. The molecule has 0 rings (SSSR count). The molecule has 1 amide bonds. The summed E-state index contributed by atoms with van der Waals surface area (Å²) in [5, 5.41) is 10.8. The molecular weight excluding hydrogens is 271 g/mol. The Bertz CT molecular complexity index is 309. The quantitative estimate of drug-likeness (QED) is 0.652. The van der Waals surface area contributed by atoms with Gasteiger partial charge in [0.05, 0.1) is 0 Å². The lowest BCUT2D eigenvalue weighted by molar-refractivity contribution is -0.179. The Kier molecular flexibility index (Phi) is 6.51. The Morgan fingerprint density at radius 2 is 1.89 bits per heavy atom. The van der Waals surface area contributed by atoms with Crippen LogP contribution in [0.2, 0.25) is 0 Å². The Labute approximate surface area is 108 Å². The van der Waals surface area contributed by atoms with Crippen molar-refractivity contribution in [1.29, 1.82) is 0 Å². The maximum Gasteiger partial charge on any atom is 0.401 e. The van der Waals surface area contributed by atoms with Crippen LogP contribution in [-0.2, 0) is 9.59 Å². The predicted molar refractivity (Wildman–Crippen MR) is 62.4 cm³/mol. The fourth-order valence-corrected chi connectivity index (χ4v) is 1.64. The van der Waals surface area contributed by atoms with Crippen molar-refractivity contribution in [2.45, 2.75) is 32.5 Å². The third kappa shape index (κ3) is 4.75. The van der Waals surface area contributed by atoms with Gasteiger partial charge in [-0.05, 0) is 5.92 Å². The van der Waals surface area contributed by atoms with Crippen LogP contribution in [0.3, 0.4) is 0 Å². The van der Waals surface area contributed by atoms with Gasteiger partial charge in [0.1, 0.15) is 12.0 Å². The van der Waals surface area contributed by atoms with E-state index in [0.29, 0.717) is 6.42 Å². The summed E-state index contributed by atoms with van der Waals surface area (Å²) in [6.07, 6.45) is -4.31. The first kappa shape index (κ1) is 17.1. The fraction of sp³-hybridized carbons (Fsp3) is 0.800. The normalized spacial score (nSPS) is 16.8. The topological polar surface area (TPSA) is 66.4 Å². The number of alkyl halides is 3. The summed E-state index contributed by atoms with van der Waals surface area (Å²) < 4.78 is 37.3. The second kappa shape index (κ2) is 6.86. The highest BCUT2D eigenvalue weighted by atomic mass is 32.1. The van der Waals surface area contributed by atoms with Crippen LogP contribution in [0.1, 0.15) is 20.3 Å². The Morgan fingerprint density at radius 3 is 2.17 bits per heavy atom. The van der Waals surface area contributed by atoms with E-state index in [1.54, 1.807) is 13.8 Å². The largest absolute Gasteiger partial charge is 0.480 e. The molecule has 0 aromatic rings. The standard InChI is InChI=1S/C10H16F3NO3S/c1-3-5(2)7(9(16)17)14-8(15)6(4-18)10(11,12)13/h5-7,18H,3-4H2,1-2H3,(H,14,15)(H,16,17)/t5-,6-,7-/m0/s1. The molecule has 0 aliphatic rings. The second-order valence-electron chi connectivity index (χ2n) is 3.99. The Hall–Kier alpha value is -0.920. The summed E-state index contributed by atoms with van der Waals surface area (Å²) in [6, 6.07) is -1.33. The highest BCUT2D eigenvalue weighted by Gasteiger charge is 2.45. The number of nitrogens with one attached hydrogen (secondary N) is 1. The maximum atomic E-state index is 12.4. The molecule has 0 aliphatic carbocycles. The average Bonchev–Trinajstić information content (AvgIpc) is 2.23. The van der Waals surface area contributed by atoms with Gasteiger partial charge in [-0.25, -0.2) is 4.79 Å². The summed E-state index contributed by atoms with van der Waals surface area (Å²) in [7, 11) is 0. The number of carboxylic acid groups (broad SMARTS) is 1. The molecule has 3 atom stereocenters. The van der Waals surface area contributed by atoms with E-state index in [4.69, 9.17) is 5.11 Å². The first-order valence-electron chi connectivity index (χ1n) is 5.35. The minimum atomic E-state index is -4.73. The van der Waals surface area contributed by atoms with Crippen molar-refractivity contribution < 1.29 is 27.9 Å². The van der Waals surface area contributed by atoms with Crippen LogP contribution < -0.4 is 5.32 Å². The molecular formula is C10H16F3NO3S. The lowest BCUT2D eigenvalue weighted by Gasteiger charge is -2.24. The lowest BCUT2D eigenvalue weighted by Crippen LogP contribution is -2.50. The molecule has 0 bridgehead atoms. The first-order chi connectivity index (χ1) is 8.15. The number of hydrogen-bond donors (Lipinski definition) is 3. The van der Waals surface area contributed by atoms with Gasteiger partial charge in [0.25, 0.3) is 0 Å². The van der Waals surface area contributed by atoms with E-state index < -0.39 is 41.7 Å². The molecule has 8 heteroatoms. The number of thiol groups is 1. The van der Waals surface area contributed by atoms with Gasteiger partial charge < -0.3 is 10.4 Å². The smallest absolute Gasteiger partial charge is 0.401 e. The van der Waals surface area contributed by atoms with E-state index >= 15 is 0 Å². The molecule has 0 radical (unpaired) electrons. The van der Waals surface area contributed by atoms with Crippen molar-refractivity contribution in [3.63, 3.8) is 0 Å². The summed E-state index contributed by atoms with van der Waals surface area (Å²) >= 11 is 3.47. The third-order valence-electron chi connectivity index (χ3n) is 2.67. The first-order valence-corrected chi connectivity index (χ1v) is 5.99. The van der Waals surface area contributed by atoms with Crippen LogP contribution in [0.5, 0.6) is 0 Å². The summed E-state index contributed by atoms with van der Waals surface area (Å²) in [4.78, 5) is 22.3. The molecule has 106 valence electrons. The van der Waals surface area contributed by atoms with E-state index in [2.05, 4.69) is 12.6 Å². The monoisotopic (exact) mass is 287 g/mol. The maximum absolute atomic E-state index is 12.4. The molecule has 0 heterocycles. The van der Waals surface area contributed by atoms with Crippen LogP contribution in [-0.4, -0.2) is 35.0 Å². The molecule has 0 aliphatic heterocycles. The van der Waals surface area contributed by atoms with Crippen LogP contribution in [0.15, 0.2) is 0 Å². The van der Waals surface area contributed by atoms with Crippen molar-refractivity contribution in [2.24, 2.45) is 11.8 Å². The van der Waals surface area contributed by atoms with Gasteiger partial charge in [-0.3, -0.25) is 4.79 Å². The van der Waals surface area contributed by atoms with Gasteiger partial charge >= 0.3 is 12.1 Å². The van der Waals surface area contributed by atoms with Gasteiger partial charge in [-0.2, -0.15) is 25.8 Å².